The zero-order valence-corrected chi connectivity index (χ0v) is 19.4. The minimum atomic E-state index is -0.646. The highest BCUT2D eigenvalue weighted by atomic mass is 35.5. The number of esters is 2. The third-order valence-corrected chi connectivity index (χ3v) is 5.55. The number of carbonyl (C=O) groups excluding carboxylic acids is 3. The maximum Gasteiger partial charge on any atom is 0.348 e. The lowest BCUT2D eigenvalue weighted by atomic mass is 10.1. The number of rotatable bonds is 6. The molecule has 10 heteroatoms. The van der Waals surface area contributed by atoms with Crippen molar-refractivity contribution in [3.8, 4) is 0 Å². The fraction of sp³-hybridized carbons (Fsp3) is 0.350. The highest BCUT2D eigenvalue weighted by Gasteiger charge is 2.28. The van der Waals surface area contributed by atoms with Gasteiger partial charge < -0.3 is 14.8 Å². The van der Waals surface area contributed by atoms with Gasteiger partial charge in [0.25, 0.3) is 0 Å². The number of carbonyl (C=O) groups is 3. The van der Waals surface area contributed by atoms with Crippen LogP contribution < -0.4 is 10.6 Å². The van der Waals surface area contributed by atoms with Crippen molar-refractivity contribution >= 4 is 63.2 Å². The van der Waals surface area contributed by atoms with Crippen LogP contribution in [0.5, 0.6) is 0 Å². The fourth-order valence-electron chi connectivity index (χ4n) is 2.42. The van der Waals surface area contributed by atoms with Gasteiger partial charge in [-0.3, -0.25) is 5.32 Å². The van der Waals surface area contributed by atoms with E-state index in [0.717, 1.165) is 11.3 Å². The van der Waals surface area contributed by atoms with Crippen LogP contribution >= 0.6 is 34.5 Å². The van der Waals surface area contributed by atoms with Gasteiger partial charge in [-0.15, -0.1) is 11.3 Å². The third-order valence-electron chi connectivity index (χ3n) is 3.63. The molecule has 0 aliphatic heterocycles. The highest BCUT2D eigenvalue weighted by Crippen LogP contribution is 2.35. The van der Waals surface area contributed by atoms with Crippen molar-refractivity contribution in [2.75, 3.05) is 10.6 Å². The largest absolute Gasteiger partial charge is 0.459 e. The van der Waals surface area contributed by atoms with E-state index in [9.17, 15) is 14.4 Å². The first-order chi connectivity index (χ1) is 14.0. The number of benzene rings is 1. The second kappa shape index (κ2) is 10.1. The molecule has 0 saturated heterocycles. The highest BCUT2D eigenvalue weighted by molar-refractivity contribution is 7.18. The molecule has 1 aromatic carbocycles. The molecule has 2 N–H and O–H groups in total. The molecule has 2 aromatic rings. The average Bonchev–Trinajstić information content (AvgIpc) is 2.93. The van der Waals surface area contributed by atoms with Crippen molar-refractivity contribution in [2.45, 2.75) is 46.8 Å². The van der Waals surface area contributed by atoms with E-state index in [2.05, 4.69) is 10.6 Å². The van der Waals surface area contributed by atoms with Crippen LogP contribution in [0.2, 0.25) is 10.0 Å². The van der Waals surface area contributed by atoms with Crippen LogP contribution in [-0.4, -0.2) is 30.2 Å². The van der Waals surface area contributed by atoms with E-state index in [4.69, 9.17) is 32.7 Å². The smallest absolute Gasteiger partial charge is 0.348 e. The Kier molecular flexibility index (Phi) is 8.11. The van der Waals surface area contributed by atoms with Gasteiger partial charge >= 0.3 is 18.0 Å². The van der Waals surface area contributed by atoms with Crippen LogP contribution in [0.15, 0.2) is 18.2 Å². The molecule has 0 bridgehead atoms. The summed E-state index contributed by atoms with van der Waals surface area (Å²) < 4.78 is 10.5. The molecule has 2 amide bonds. The number of urea groups is 1. The topological polar surface area (TPSA) is 93.7 Å². The molecule has 0 atom stereocenters. The van der Waals surface area contributed by atoms with Gasteiger partial charge in [-0.2, -0.15) is 0 Å². The lowest BCUT2D eigenvalue weighted by Gasteiger charge is -2.11. The Bertz CT molecular complexity index is 972. The molecule has 162 valence electrons. The molecule has 7 nitrogen and oxygen atoms in total. The molecular weight excluding hydrogens is 451 g/mol. The van der Waals surface area contributed by atoms with Crippen LogP contribution in [0.1, 0.15) is 53.3 Å². The van der Waals surface area contributed by atoms with Crippen molar-refractivity contribution in [1.82, 2.24) is 0 Å². The number of ether oxygens (including phenoxy) is 2. The molecule has 1 aromatic heterocycles. The van der Waals surface area contributed by atoms with Crippen LogP contribution in [0.3, 0.4) is 0 Å². The second-order valence-electron chi connectivity index (χ2n) is 6.88. The summed E-state index contributed by atoms with van der Waals surface area (Å²) in [5.41, 5.74) is 0.885. The zero-order chi connectivity index (χ0) is 22.6. The number of hydrogen-bond donors (Lipinski definition) is 2. The first-order valence-corrected chi connectivity index (χ1v) is 10.6. The summed E-state index contributed by atoms with van der Waals surface area (Å²) in [5.74, 6) is -1.23. The van der Waals surface area contributed by atoms with E-state index in [1.54, 1.807) is 46.8 Å². The Balaban J connectivity index is 2.33. The summed E-state index contributed by atoms with van der Waals surface area (Å²) >= 11 is 12.8. The van der Waals surface area contributed by atoms with Crippen LogP contribution in [0, 0.1) is 6.92 Å². The maximum atomic E-state index is 12.6. The van der Waals surface area contributed by atoms with Crippen molar-refractivity contribution in [2.24, 2.45) is 0 Å². The molecule has 0 aliphatic rings. The third kappa shape index (κ3) is 6.10. The molecule has 30 heavy (non-hydrogen) atoms. The van der Waals surface area contributed by atoms with Gasteiger partial charge in [0.15, 0.2) is 0 Å². The molecule has 0 saturated carbocycles. The lowest BCUT2D eigenvalue weighted by molar-refractivity contribution is 0.0378. The summed E-state index contributed by atoms with van der Waals surface area (Å²) in [7, 11) is 0. The van der Waals surface area contributed by atoms with Gasteiger partial charge in [0.2, 0.25) is 0 Å². The molecule has 0 aliphatic carbocycles. The Morgan fingerprint density at radius 1 is 0.933 bits per heavy atom. The molecule has 1 heterocycles. The van der Waals surface area contributed by atoms with Gasteiger partial charge in [-0.05, 0) is 58.4 Å². The van der Waals surface area contributed by atoms with Crippen LogP contribution in [0.4, 0.5) is 15.5 Å². The van der Waals surface area contributed by atoms with Crippen molar-refractivity contribution < 1.29 is 23.9 Å². The van der Waals surface area contributed by atoms with Crippen LogP contribution in [-0.2, 0) is 9.47 Å². The zero-order valence-electron chi connectivity index (χ0n) is 17.1. The van der Waals surface area contributed by atoms with E-state index in [1.165, 1.54) is 6.07 Å². The van der Waals surface area contributed by atoms with E-state index in [1.807, 2.05) is 0 Å². The Labute approximate surface area is 188 Å². The van der Waals surface area contributed by atoms with Gasteiger partial charge in [0, 0.05) is 5.69 Å². The predicted octanol–water partition coefficient (Wildman–Crippen LogP) is 6.14. The number of anilines is 2. The summed E-state index contributed by atoms with van der Waals surface area (Å²) in [5, 5.41) is 6.00. The number of nitrogens with one attached hydrogen (secondary N) is 2. The number of amides is 2. The first-order valence-electron chi connectivity index (χ1n) is 9.08. The first kappa shape index (κ1) is 24.0. The maximum absolute atomic E-state index is 12.6. The second-order valence-corrected chi connectivity index (χ2v) is 8.71. The van der Waals surface area contributed by atoms with E-state index >= 15 is 0 Å². The monoisotopic (exact) mass is 472 g/mol. The van der Waals surface area contributed by atoms with E-state index in [-0.39, 0.29) is 32.7 Å². The minimum absolute atomic E-state index is 0.105. The van der Waals surface area contributed by atoms with Gasteiger partial charge in [0.05, 0.1) is 27.8 Å². The predicted molar refractivity (Wildman–Crippen MR) is 119 cm³/mol. The number of halogens is 2. The quantitative estimate of drug-likeness (QED) is 0.492. The standard InChI is InChI=1S/C20H22Cl2N2O5S/c1-9(2)28-18(25)15-11(5)16(19(26)29-10(3)4)30-17(15)24-20(27)23-12-6-7-13(21)14(22)8-12/h6-10H,1-5H3,(H2,23,24,27). The molecular formula is C20H22Cl2N2O5S. The number of thiophene rings is 1. The Morgan fingerprint density at radius 2 is 1.53 bits per heavy atom. The summed E-state index contributed by atoms with van der Waals surface area (Å²) in [6.45, 7) is 8.46. The SMILES string of the molecule is Cc1c(C(=O)OC(C)C)sc(NC(=O)Nc2ccc(Cl)c(Cl)c2)c1C(=O)OC(C)C. The minimum Gasteiger partial charge on any atom is -0.459 e. The molecule has 0 spiro atoms. The van der Waals surface area contributed by atoms with Gasteiger partial charge in [0.1, 0.15) is 9.88 Å². The lowest BCUT2D eigenvalue weighted by Crippen LogP contribution is -2.21. The summed E-state index contributed by atoms with van der Waals surface area (Å²) in [4.78, 5) is 37.7. The normalized spacial score (nSPS) is 10.8. The average molecular weight is 473 g/mol. The van der Waals surface area contributed by atoms with E-state index in [0.29, 0.717) is 16.3 Å². The molecule has 2 rings (SSSR count). The number of hydrogen-bond acceptors (Lipinski definition) is 6. The molecule has 0 unspecified atom stereocenters. The fourth-order valence-corrected chi connectivity index (χ4v) is 3.79. The van der Waals surface area contributed by atoms with Gasteiger partial charge in [-0.1, -0.05) is 23.2 Å². The van der Waals surface area contributed by atoms with Crippen LogP contribution in [0.25, 0.3) is 0 Å². The van der Waals surface area contributed by atoms with Gasteiger partial charge in [-0.25, -0.2) is 14.4 Å². The van der Waals surface area contributed by atoms with Crippen molar-refractivity contribution in [3.05, 3.63) is 44.2 Å². The Hall–Kier alpha value is -2.29. The summed E-state index contributed by atoms with van der Waals surface area (Å²) in [6.07, 6.45) is -0.708. The van der Waals surface area contributed by atoms with Crippen molar-refractivity contribution in [1.29, 1.82) is 0 Å². The van der Waals surface area contributed by atoms with E-state index < -0.39 is 18.0 Å². The van der Waals surface area contributed by atoms with Crippen molar-refractivity contribution in [3.63, 3.8) is 0 Å². The summed E-state index contributed by atoms with van der Waals surface area (Å²) in [6, 6.07) is 3.98. The molecule has 0 radical (unpaired) electrons. The Morgan fingerprint density at radius 3 is 2.10 bits per heavy atom. The molecule has 0 fully saturated rings.